The van der Waals surface area contributed by atoms with Gasteiger partial charge in [0.15, 0.2) is 18.1 Å². The van der Waals surface area contributed by atoms with Crippen molar-refractivity contribution in [3.63, 3.8) is 0 Å². The molecule has 0 radical (unpaired) electrons. The van der Waals surface area contributed by atoms with Gasteiger partial charge in [-0.15, -0.1) is 0 Å². The van der Waals surface area contributed by atoms with Gasteiger partial charge in [-0.25, -0.2) is 4.79 Å². The van der Waals surface area contributed by atoms with Crippen LogP contribution in [-0.2, 0) is 14.3 Å². The Morgan fingerprint density at radius 2 is 1.52 bits per heavy atom. The van der Waals surface area contributed by atoms with Gasteiger partial charge >= 0.3 is 5.97 Å². The average molecular weight is 429 g/mol. The lowest BCUT2D eigenvalue weighted by molar-refractivity contribution is -0.150. The van der Waals surface area contributed by atoms with Crippen LogP contribution in [0.15, 0.2) is 48.5 Å². The zero-order chi connectivity index (χ0) is 22.8. The molecule has 10 heteroatoms. The Labute approximate surface area is 178 Å². The Hall–Kier alpha value is -4.08. The fourth-order valence-electron chi connectivity index (χ4n) is 2.40. The van der Waals surface area contributed by atoms with Crippen LogP contribution in [0.4, 0.5) is 0 Å². The molecule has 0 aliphatic rings. The lowest BCUT2D eigenvalue weighted by atomic mass is 10.2. The zero-order valence-corrected chi connectivity index (χ0v) is 17.3. The molecule has 3 amide bonds. The van der Waals surface area contributed by atoms with Crippen LogP contribution >= 0.6 is 0 Å². The second kappa shape index (κ2) is 11.2. The number of hydrogen-bond acceptors (Lipinski definition) is 7. The van der Waals surface area contributed by atoms with Crippen molar-refractivity contribution in [1.29, 1.82) is 0 Å². The summed E-state index contributed by atoms with van der Waals surface area (Å²) in [5.74, 6) is -1.82. The summed E-state index contributed by atoms with van der Waals surface area (Å²) >= 11 is 0. The van der Waals surface area contributed by atoms with E-state index in [1.54, 1.807) is 36.4 Å². The van der Waals surface area contributed by atoms with Gasteiger partial charge in [-0.05, 0) is 37.3 Å². The van der Waals surface area contributed by atoms with Crippen molar-refractivity contribution in [1.82, 2.24) is 16.2 Å². The highest BCUT2D eigenvalue weighted by Gasteiger charge is 2.19. The molecule has 0 fully saturated rings. The first-order valence-electron chi connectivity index (χ1n) is 9.19. The van der Waals surface area contributed by atoms with Crippen LogP contribution in [0.25, 0.3) is 0 Å². The average Bonchev–Trinajstić information content (AvgIpc) is 2.80. The summed E-state index contributed by atoms with van der Waals surface area (Å²) in [7, 11) is 2.89. The third kappa shape index (κ3) is 6.74. The molecular weight excluding hydrogens is 406 g/mol. The maximum absolute atomic E-state index is 12.1. The highest BCUT2D eigenvalue weighted by Crippen LogP contribution is 2.27. The third-order valence-electron chi connectivity index (χ3n) is 4.04. The zero-order valence-electron chi connectivity index (χ0n) is 17.3. The van der Waals surface area contributed by atoms with E-state index in [-0.39, 0.29) is 5.56 Å². The predicted molar refractivity (Wildman–Crippen MR) is 109 cm³/mol. The standard InChI is InChI=1S/C21H23N3O7/c1-13(22-19(26)14-7-5-4-6-8-14)21(28)31-12-18(25)23-24-20(27)15-9-10-16(29-2)17(11-15)30-3/h4-11,13H,12H2,1-3H3,(H,22,26)(H,23,25)(H,24,27)/t13-/m0/s1. The van der Waals surface area contributed by atoms with E-state index in [9.17, 15) is 19.2 Å². The number of nitrogens with one attached hydrogen (secondary N) is 3. The largest absolute Gasteiger partial charge is 0.493 e. The molecule has 1 atom stereocenters. The molecule has 2 aromatic carbocycles. The van der Waals surface area contributed by atoms with Crippen LogP contribution in [0, 0.1) is 0 Å². The number of carbonyl (C=O) groups excluding carboxylic acids is 4. The summed E-state index contributed by atoms with van der Waals surface area (Å²) < 4.78 is 15.1. The van der Waals surface area contributed by atoms with E-state index in [0.717, 1.165) is 0 Å². The van der Waals surface area contributed by atoms with Crippen LogP contribution in [0.3, 0.4) is 0 Å². The smallest absolute Gasteiger partial charge is 0.328 e. The molecule has 2 rings (SSSR count). The Morgan fingerprint density at radius 3 is 2.16 bits per heavy atom. The molecule has 164 valence electrons. The van der Waals surface area contributed by atoms with Crippen molar-refractivity contribution >= 4 is 23.7 Å². The molecule has 3 N–H and O–H groups in total. The molecule has 0 spiro atoms. The molecule has 0 saturated heterocycles. The van der Waals surface area contributed by atoms with Gasteiger partial charge in [0.1, 0.15) is 6.04 Å². The van der Waals surface area contributed by atoms with Crippen LogP contribution in [-0.4, -0.2) is 50.6 Å². The summed E-state index contributed by atoms with van der Waals surface area (Å²) in [5.41, 5.74) is 4.93. The van der Waals surface area contributed by atoms with Crippen molar-refractivity contribution in [2.45, 2.75) is 13.0 Å². The Bertz CT molecular complexity index is 947. The molecule has 2 aromatic rings. The summed E-state index contributed by atoms with van der Waals surface area (Å²) in [4.78, 5) is 48.0. The third-order valence-corrected chi connectivity index (χ3v) is 4.04. The summed E-state index contributed by atoms with van der Waals surface area (Å²) in [6.45, 7) is 0.788. The SMILES string of the molecule is COc1ccc(C(=O)NNC(=O)COC(=O)[C@H](C)NC(=O)c2ccccc2)cc1OC. The lowest BCUT2D eigenvalue weighted by Crippen LogP contribution is -2.45. The maximum atomic E-state index is 12.1. The number of hydrazine groups is 1. The van der Waals surface area contributed by atoms with Gasteiger partial charge in [0.2, 0.25) is 0 Å². The molecular formula is C21H23N3O7. The van der Waals surface area contributed by atoms with Gasteiger partial charge in [-0.1, -0.05) is 18.2 Å². The van der Waals surface area contributed by atoms with E-state index in [4.69, 9.17) is 14.2 Å². The van der Waals surface area contributed by atoms with Crippen molar-refractivity contribution in [3.05, 3.63) is 59.7 Å². The van der Waals surface area contributed by atoms with E-state index >= 15 is 0 Å². The second-order valence-corrected chi connectivity index (χ2v) is 6.24. The topological polar surface area (TPSA) is 132 Å². The summed E-state index contributed by atoms with van der Waals surface area (Å²) in [6.07, 6.45) is 0. The second-order valence-electron chi connectivity index (χ2n) is 6.24. The van der Waals surface area contributed by atoms with Crippen molar-refractivity contribution in [2.75, 3.05) is 20.8 Å². The van der Waals surface area contributed by atoms with Gasteiger partial charge in [-0.3, -0.25) is 25.2 Å². The highest BCUT2D eigenvalue weighted by molar-refractivity contribution is 5.97. The van der Waals surface area contributed by atoms with Crippen molar-refractivity contribution in [3.8, 4) is 11.5 Å². The molecule has 0 bridgehead atoms. The Morgan fingerprint density at radius 1 is 0.839 bits per heavy atom. The number of carbonyl (C=O) groups is 4. The summed E-state index contributed by atoms with van der Waals surface area (Å²) in [5, 5.41) is 2.47. The first-order valence-corrected chi connectivity index (χ1v) is 9.19. The van der Waals surface area contributed by atoms with Crippen LogP contribution in [0.1, 0.15) is 27.6 Å². The summed E-state index contributed by atoms with van der Waals surface area (Å²) in [6, 6.07) is 11.8. The van der Waals surface area contributed by atoms with Gasteiger partial charge in [-0.2, -0.15) is 0 Å². The minimum absolute atomic E-state index is 0.215. The number of ether oxygens (including phenoxy) is 3. The number of hydrogen-bond donors (Lipinski definition) is 3. The molecule has 31 heavy (non-hydrogen) atoms. The van der Waals surface area contributed by atoms with Crippen LogP contribution < -0.4 is 25.6 Å². The number of amides is 3. The minimum Gasteiger partial charge on any atom is -0.493 e. The molecule has 0 unspecified atom stereocenters. The van der Waals surface area contributed by atoms with Gasteiger partial charge in [0, 0.05) is 11.1 Å². The van der Waals surface area contributed by atoms with Crippen LogP contribution in [0.2, 0.25) is 0 Å². The van der Waals surface area contributed by atoms with Gasteiger partial charge < -0.3 is 19.5 Å². The van der Waals surface area contributed by atoms with E-state index in [1.165, 1.54) is 33.3 Å². The first-order chi connectivity index (χ1) is 14.8. The Kier molecular flexibility index (Phi) is 8.38. The number of rotatable bonds is 8. The molecule has 0 saturated carbocycles. The lowest BCUT2D eigenvalue weighted by Gasteiger charge is -2.14. The fraction of sp³-hybridized carbons (Fsp3) is 0.238. The molecule has 0 heterocycles. The number of methoxy groups -OCH3 is 2. The monoisotopic (exact) mass is 429 g/mol. The Balaban J connectivity index is 1.77. The number of benzene rings is 2. The van der Waals surface area contributed by atoms with E-state index < -0.39 is 36.3 Å². The first kappa shape index (κ1) is 23.2. The predicted octanol–water partition coefficient (Wildman–Crippen LogP) is 0.827. The molecule has 0 aliphatic heterocycles. The van der Waals surface area contributed by atoms with Gasteiger partial charge in [0.05, 0.1) is 14.2 Å². The fourth-order valence-corrected chi connectivity index (χ4v) is 2.40. The van der Waals surface area contributed by atoms with Gasteiger partial charge in [0.25, 0.3) is 17.7 Å². The number of esters is 1. The van der Waals surface area contributed by atoms with Crippen molar-refractivity contribution < 1.29 is 33.4 Å². The normalized spacial score (nSPS) is 10.9. The molecule has 0 aliphatic carbocycles. The van der Waals surface area contributed by atoms with E-state index in [2.05, 4.69) is 16.2 Å². The minimum atomic E-state index is -0.970. The maximum Gasteiger partial charge on any atom is 0.328 e. The van der Waals surface area contributed by atoms with Crippen LogP contribution in [0.5, 0.6) is 11.5 Å². The molecule has 10 nitrogen and oxygen atoms in total. The molecule has 0 aromatic heterocycles. The highest BCUT2D eigenvalue weighted by atomic mass is 16.5. The van der Waals surface area contributed by atoms with E-state index in [0.29, 0.717) is 17.1 Å². The van der Waals surface area contributed by atoms with Crippen molar-refractivity contribution in [2.24, 2.45) is 0 Å². The van der Waals surface area contributed by atoms with E-state index in [1.807, 2.05) is 0 Å². The quantitative estimate of drug-likeness (QED) is 0.418.